The number of halogens is 1. The second-order valence-corrected chi connectivity index (χ2v) is 9.76. The Labute approximate surface area is 172 Å². The molecule has 2 N–H and O–H groups in total. The second kappa shape index (κ2) is 10.1. The van der Waals surface area contributed by atoms with Gasteiger partial charge in [0.1, 0.15) is 0 Å². The number of hydrogen-bond acceptors (Lipinski definition) is 5. The molecule has 0 saturated carbocycles. The molecule has 2 fully saturated rings. The largest absolute Gasteiger partial charge is 0.354 e. The summed E-state index contributed by atoms with van der Waals surface area (Å²) in [6.45, 7) is 2.43. The molecule has 2 aliphatic heterocycles. The molecule has 2 unspecified atom stereocenters. The molecule has 152 valence electrons. The average Bonchev–Trinajstić information content (AvgIpc) is 3.21. The first-order valence-corrected chi connectivity index (χ1v) is 11.8. The van der Waals surface area contributed by atoms with Crippen molar-refractivity contribution in [2.24, 2.45) is 5.92 Å². The topological polar surface area (TPSA) is 78.5 Å². The predicted octanol–water partition coefficient (Wildman–Crippen LogP) is 2.10. The van der Waals surface area contributed by atoms with E-state index in [9.17, 15) is 13.2 Å². The van der Waals surface area contributed by atoms with Crippen LogP contribution in [0.3, 0.4) is 0 Å². The first-order chi connectivity index (χ1) is 12.5. The van der Waals surface area contributed by atoms with Crippen molar-refractivity contribution in [3.05, 3.63) is 24.3 Å². The Kier molecular flexibility index (Phi) is 8.42. The fraction of sp³-hybridized carbons (Fsp3) is 0.611. The van der Waals surface area contributed by atoms with Crippen LogP contribution in [0.15, 0.2) is 34.1 Å². The summed E-state index contributed by atoms with van der Waals surface area (Å²) in [6, 6.07) is 7.00. The van der Waals surface area contributed by atoms with Crippen molar-refractivity contribution in [3.8, 4) is 0 Å². The van der Waals surface area contributed by atoms with E-state index in [0.717, 1.165) is 37.1 Å². The van der Waals surface area contributed by atoms with E-state index in [-0.39, 0.29) is 30.3 Å². The third-order valence-electron chi connectivity index (χ3n) is 5.10. The van der Waals surface area contributed by atoms with Gasteiger partial charge in [-0.3, -0.25) is 4.79 Å². The molecule has 0 aliphatic carbocycles. The van der Waals surface area contributed by atoms with Gasteiger partial charge < -0.3 is 10.6 Å². The van der Waals surface area contributed by atoms with Crippen LogP contribution in [0.1, 0.15) is 25.7 Å². The summed E-state index contributed by atoms with van der Waals surface area (Å²) in [5.41, 5.74) is 0. The lowest BCUT2D eigenvalue weighted by atomic mass is 9.99. The Hall–Kier alpha value is -0.800. The maximum atomic E-state index is 13.0. The highest BCUT2D eigenvalue weighted by molar-refractivity contribution is 7.98. The third-order valence-corrected chi connectivity index (χ3v) is 7.69. The highest BCUT2D eigenvalue weighted by Gasteiger charge is 2.31. The minimum absolute atomic E-state index is 0. The van der Waals surface area contributed by atoms with E-state index in [1.165, 1.54) is 11.8 Å². The first-order valence-electron chi connectivity index (χ1n) is 9.16. The Morgan fingerprint density at radius 2 is 2.15 bits per heavy atom. The Morgan fingerprint density at radius 1 is 1.33 bits per heavy atom. The number of piperidine rings is 1. The summed E-state index contributed by atoms with van der Waals surface area (Å²) in [5, 5.41) is 6.19. The Morgan fingerprint density at radius 3 is 2.85 bits per heavy atom. The summed E-state index contributed by atoms with van der Waals surface area (Å²) in [6.07, 6.45) is 5.61. The van der Waals surface area contributed by atoms with Crippen LogP contribution in [-0.4, -0.2) is 57.1 Å². The molecular weight excluding hydrogens is 406 g/mol. The van der Waals surface area contributed by atoms with Gasteiger partial charge in [0, 0.05) is 24.5 Å². The van der Waals surface area contributed by atoms with Crippen molar-refractivity contribution in [2.75, 3.05) is 32.4 Å². The number of sulfonamides is 1. The lowest BCUT2D eigenvalue weighted by Crippen LogP contribution is -2.46. The third kappa shape index (κ3) is 5.60. The summed E-state index contributed by atoms with van der Waals surface area (Å²) in [7, 11) is -3.49. The summed E-state index contributed by atoms with van der Waals surface area (Å²) in [4.78, 5) is 13.4. The Bertz CT molecular complexity index is 739. The second-order valence-electron chi connectivity index (χ2n) is 6.94. The van der Waals surface area contributed by atoms with Gasteiger partial charge in [0.05, 0.1) is 10.9 Å². The van der Waals surface area contributed by atoms with Gasteiger partial charge in [0.2, 0.25) is 15.9 Å². The molecule has 1 amide bonds. The lowest BCUT2D eigenvalue weighted by molar-refractivity contribution is -0.123. The maximum Gasteiger partial charge on any atom is 0.243 e. The van der Waals surface area contributed by atoms with Crippen LogP contribution in [-0.2, 0) is 14.8 Å². The zero-order valence-electron chi connectivity index (χ0n) is 15.5. The molecule has 3 rings (SSSR count). The Balaban J connectivity index is 0.00000261. The molecule has 2 atom stereocenters. The van der Waals surface area contributed by atoms with Crippen LogP contribution < -0.4 is 10.6 Å². The van der Waals surface area contributed by atoms with Crippen LogP contribution in [0.2, 0.25) is 0 Å². The number of amides is 1. The van der Waals surface area contributed by atoms with Gasteiger partial charge in [0.25, 0.3) is 0 Å². The van der Waals surface area contributed by atoms with Crippen molar-refractivity contribution >= 4 is 40.1 Å². The van der Waals surface area contributed by atoms with Gasteiger partial charge >= 0.3 is 0 Å². The molecule has 6 nitrogen and oxygen atoms in total. The highest BCUT2D eigenvalue weighted by Crippen LogP contribution is 2.26. The van der Waals surface area contributed by atoms with Gasteiger partial charge in [-0.15, -0.1) is 24.2 Å². The number of carbonyl (C=O) groups excluding carboxylic acids is 1. The number of carbonyl (C=O) groups is 1. The lowest BCUT2D eigenvalue weighted by Gasteiger charge is -2.32. The van der Waals surface area contributed by atoms with E-state index < -0.39 is 10.0 Å². The maximum absolute atomic E-state index is 13.0. The quantitative estimate of drug-likeness (QED) is 0.671. The van der Waals surface area contributed by atoms with Gasteiger partial charge in [0.15, 0.2) is 0 Å². The molecule has 0 bridgehead atoms. The van der Waals surface area contributed by atoms with Gasteiger partial charge in [-0.25, -0.2) is 8.42 Å². The molecule has 0 spiro atoms. The standard InChI is InChI=1S/C18H27N3O3S2.ClH/c1-25-15-6-2-7-16(11-15)26(23,24)21-10-4-5-14(13-21)12-20-18(22)17-8-3-9-19-17;/h2,6-7,11,14,17,19H,3-5,8-10,12-13H2,1H3,(H,20,22);1H. The van der Waals surface area contributed by atoms with Crippen LogP contribution in [0.5, 0.6) is 0 Å². The fourth-order valence-electron chi connectivity index (χ4n) is 3.60. The zero-order chi connectivity index (χ0) is 18.6. The van der Waals surface area contributed by atoms with Crippen LogP contribution in [0.25, 0.3) is 0 Å². The molecule has 9 heteroatoms. The van der Waals surface area contributed by atoms with Gasteiger partial charge in [-0.1, -0.05) is 6.07 Å². The normalized spacial score (nSPS) is 23.6. The predicted molar refractivity (Wildman–Crippen MR) is 111 cm³/mol. The van der Waals surface area contributed by atoms with Crippen molar-refractivity contribution in [1.82, 2.24) is 14.9 Å². The van der Waals surface area contributed by atoms with E-state index >= 15 is 0 Å². The number of thioether (sulfide) groups is 1. The SMILES string of the molecule is CSc1cccc(S(=O)(=O)N2CCCC(CNC(=O)C3CCCN3)C2)c1.Cl. The molecule has 27 heavy (non-hydrogen) atoms. The minimum atomic E-state index is -3.49. The fourth-order valence-corrected chi connectivity index (χ4v) is 5.73. The summed E-state index contributed by atoms with van der Waals surface area (Å²) >= 11 is 1.53. The van der Waals surface area contributed by atoms with Crippen molar-refractivity contribution in [3.63, 3.8) is 0 Å². The molecule has 2 heterocycles. The minimum Gasteiger partial charge on any atom is -0.354 e. The number of rotatable bonds is 6. The average molecular weight is 434 g/mol. The van der Waals surface area contributed by atoms with Crippen LogP contribution in [0, 0.1) is 5.92 Å². The van der Waals surface area contributed by atoms with E-state index in [4.69, 9.17) is 0 Å². The molecule has 1 aromatic rings. The molecule has 0 radical (unpaired) electrons. The van der Waals surface area contributed by atoms with Gasteiger partial charge in [-0.05, 0) is 62.6 Å². The number of hydrogen-bond donors (Lipinski definition) is 2. The smallest absolute Gasteiger partial charge is 0.243 e. The number of nitrogens with one attached hydrogen (secondary N) is 2. The molecule has 2 saturated heterocycles. The van der Waals surface area contributed by atoms with Crippen molar-refractivity contribution in [1.29, 1.82) is 0 Å². The van der Waals surface area contributed by atoms with E-state index in [0.29, 0.717) is 24.5 Å². The number of benzene rings is 1. The number of nitrogens with zero attached hydrogens (tertiary/aromatic N) is 1. The van der Waals surface area contributed by atoms with E-state index in [2.05, 4.69) is 10.6 Å². The molecular formula is C18H28ClN3O3S2. The van der Waals surface area contributed by atoms with Gasteiger partial charge in [-0.2, -0.15) is 4.31 Å². The van der Waals surface area contributed by atoms with Crippen molar-refractivity contribution < 1.29 is 13.2 Å². The first kappa shape index (κ1) is 22.5. The summed E-state index contributed by atoms with van der Waals surface area (Å²) < 4.78 is 27.5. The monoisotopic (exact) mass is 433 g/mol. The molecule has 2 aliphatic rings. The molecule has 0 aromatic heterocycles. The summed E-state index contributed by atoms with van der Waals surface area (Å²) in [5.74, 6) is 0.197. The van der Waals surface area contributed by atoms with E-state index in [1.807, 2.05) is 12.3 Å². The van der Waals surface area contributed by atoms with Crippen molar-refractivity contribution in [2.45, 2.75) is 41.5 Å². The zero-order valence-corrected chi connectivity index (χ0v) is 18.0. The highest BCUT2D eigenvalue weighted by atomic mass is 35.5. The van der Waals surface area contributed by atoms with Crippen LogP contribution in [0.4, 0.5) is 0 Å². The molecule has 1 aromatic carbocycles. The van der Waals surface area contributed by atoms with E-state index in [1.54, 1.807) is 22.5 Å². The van der Waals surface area contributed by atoms with Crippen LogP contribution >= 0.6 is 24.2 Å².